The zero-order valence-corrected chi connectivity index (χ0v) is 8.21. The Morgan fingerprint density at radius 2 is 2.36 bits per heavy atom. The molecular weight excluding hydrogens is 178 g/mol. The molecule has 0 aliphatic heterocycles. The van der Waals surface area contributed by atoms with Gasteiger partial charge < -0.3 is 5.73 Å². The van der Waals surface area contributed by atoms with Gasteiger partial charge in [0.25, 0.3) is 0 Å². The van der Waals surface area contributed by atoms with Crippen molar-refractivity contribution in [1.82, 2.24) is 10.2 Å². The van der Waals surface area contributed by atoms with Gasteiger partial charge in [-0.2, -0.15) is 11.8 Å². The minimum Gasteiger partial charge on any atom is -0.322 e. The van der Waals surface area contributed by atoms with Crippen molar-refractivity contribution >= 4 is 23.1 Å². The molecule has 5 heteroatoms. The molecule has 0 radical (unpaired) electrons. The molecule has 0 aliphatic rings. The first-order valence-electron chi connectivity index (χ1n) is 3.31. The van der Waals surface area contributed by atoms with E-state index in [1.54, 1.807) is 23.1 Å². The highest BCUT2D eigenvalue weighted by molar-refractivity contribution is 7.97. The Morgan fingerprint density at radius 1 is 1.64 bits per heavy atom. The van der Waals surface area contributed by atoms with E-state index in [0.29, 0.717) is 0 Å². The summed E-state index contributed by atoms with van der Waals surface area (Å²) in [5.74, 6) is 0.935. The van der Waals surface area contributed by atoms with Crippen LogP contribution in [-0.4, -0.2) is 16.5 Å². The molecular formula is C6H11N3S2. The number of hydrogen-bond acceptors (Lipinski definition) is 5. The van der Waals surface area contributed by atoms with Crippen LogP contribution < -0.4 is 5.73 Å². The Labute approximate surface area is 74.4 Å². The molecule has 0 aromatic carbocycles. The lowest BCUT2D eigenvalue weighted by Gasteiger charge is -1.94. The maximum atomic E-state index is 5.62. The highest BCUT2D eigenvalue weighted by Crippen LogP contribution is 2.18. The quantitative estimate of drug-likeness (QED) is 0.781. The third-order valence-corrected chi connectivity index (χ3v) is 3.01. The van der Waals surface area contributed by atoms with Crippen molar-refractivity contribution in [3.63, 3.8) is 0 Å². The summed E-state index contributed by atoms with van der Waals surface area (Å²) < 4.78 is 0. The average Bonchev–Trinajstić information content (AvgIpc) is 2.37. The number of aromatic nitrogens is 2. The lowest BCUT2D eigenvalue weighted by molar-refractivity contribution is 0.784. The van der Waals surface area contributed by atoms with Crippen molar-refractivity contribution in [1.29, 1.82) is 0 Å². The van der Waals surface area contributed by atoms with Crippen LogP contribution in [0.4, 0.5) is 0 Å². The van der Waals surface area contributed by atoms with Gasteiger partial charge in [0, 0.05) is 5.75 Å². The maximum absolute atomic E-state index is 5.62. The van der Waals surface area contributed by atoms with Crippen molar-refractivity contribution in [3.8, 4) is 0 Å². The molecule has 1 atom stereocenters. The summed E-state index contributed by atoms with van der Waals surface area (Å²) in [5, 5.41) is 9.94. The standard InChI is InChI=1S/C6H11N3S2/c1-4(7)6-9-8-5(11-6)3-10-2/h4H,3,7H2,1-2H3. The normalized spacial score (nSPS) is 13.4. The van der Waals surface area contributed by atoms with Crippen molar-refractivity contribution in [3.05, 3.63) is 10.0 Å². The van der Waals surface area contributed by atoms with Crippen LogP contribution in [0.1, 0.15) is 23.0 Å². The van der Waals surface area contributed by atoms with Gasteiger partial charge in [-0.3, -0.25) is 0 Å². The van der Waals surface area contributed by atoms with Crippen LogP contribution in [0.5, 0.6) is 0 Å². The third-order valence-electron chi connectivity index (χ3n) is 1.14. The maximum Gasteiger partial charge on any atom is 0.133 e. The molecule has 0 saturated heterocycles. The van der Waals surface area contributed by atoms with Gasteiger partial charge in [-0.25, -0.2) is 0 Å². The van der Waals surface area contributed by atoms with Crippen molar-refractivity contribution in [2.45, 2.75) is 18.7 Å². The monoisotopic (exact) mass is 189 g/mol. The van der Waals surface area contributed by atoms with Crippen molar-refractivity contribution < 1.29 is 0 Å². The Hall–Kier alpha value is -0.130. The fourth-order valence-electron chi connectivity index (χ4n) is 0.632. The molecule has 0 aliphatic carbocycles. The lowest BCUT2D eigenvalue weighted by Crippen LogP contribution is -2.03. The van der Waals surface area contributed by atoms with E-state index in [1.807, 2.05) is 13.2 Å². The van der Waals surface area contributed by atoms with Gasteiger partial charge in [0.05, 0.1) is 6.04 Å². The van der Waals surface area contributed by atoms with Crippen LogP contribution >= 0.6 is 23.1 Å². The molecule has 11 heavy (non-hydrogen) atoms. The molecule has 0 spiro atoms. The number of nitrogens with zero attached hydrogens (tertiary/aromatic N) is 2. The zero-order chi connectivity index (χ0) is 8.27. The topological polar surface area (TPSA) is 51.8 Å². The van der Waals surface area contributed by atoms with Crippen LogP contribution in [0, 0.1) is 0 Å². The first kappa shape index (κ1) is 8.96. The summed E-state index contributed by atoms with van der Waals surface area (Å²) in [6.07, 6.45) is 2.05. The smallest absolute Gasteiger partial charge is 0.133 e. The second-order valence-corrected chi connectivity index (χ2v) is 4.22. The molecule has 0 amide bonds. The molecule has 3 nitrogen and oxygen atoms in total. The molecule has 1 unspecified atom stereocenters. The molecule has 1 aromatic rings. The molecule has 1 rings (SSSR count). The van der Waals surface area contributed by atoms with Crippen LogP contribution in [0.2, 0.25) is 0 Å². The van der Waals surface area contributed by atoms with E-state index in [2.05, 4.69) is 10.2 Å². The first-order chi connectivity index (χ1) is 5.24. The van der Waals surface area contributed by atoms with Gasteiger partial charge in [0.2, 0.25) is 0 Å². The number of thioether (sulfide) groups is 1. The summed E-state index contributed by atoms with van der Waals surface area (Å²) in [6, 6.07) is 0.0168. The molecule has 0 saturated carbocycles. The third kappa shape index (κ3) is 2.43. The summed E-state index contributed by atoms with van der Waals surface area (Å²) in [4.78, 5) is 0. The van der Waals surface area contributed by atoms with Crippen LogP contribution in [0.15, 0.2) is 0 Å². The zero-order valence-electron chi connectivity index (χ0n) is 6.57. The van der Waals surface area contributed by atoms with Gasteiger partial charge in [-0.15, -0.1) is 10.2 Å². The predicted molar refractivity (Wildman–Crippen MR) is 49.7 cm³/mol. The Morgan fingerprint density at radius 3 is 2.82 bits per heavy atom. The second kappa shape index (κ2) is 4.04. The highest BCUT2D eigenvalue weighted by atomic mass is 32.2. The molecule has 0 bridgehead atoms. The second-order valence-electron chi connectivity index (χ2n) is 2.26. The summed E-state index contributed by atoms with van der Waals surface area (Å²) in [7, 11) is 0. The number of rotatable bonds is 3. The SMILES string of the molecule is CSCc1nnc(C(C)N)s1. The van der Waals surface area contributed by atoms with Gasteiger partial charge >= 0.3 is 0 Å². The first-order valence-corrected chi connectivity index (χ1v) is 5.52. The van der Waals surface area contributed by atoms with E-state index in [1.165, 1.54) is 0 Å². The number of nitrogens with two attached hydrogens (primary N) is 1. The molecule has 1 heterocycles. The van der Waals surface area contributed by atoms with E-state index in [0.717, 1.165) is 15.8 Å². The molecule has 0 fully saturated rings. The predicted octanol–water partition coefficient (Wildman–Crippen LogP) is 1.42. The lowest BCUT2D eigenvalue weighted by atomic mass is 10.4. The largest absolute Gasteiger partial charge is 0.322 e. The number of hydrogen-bond donors (Lipinski definition) is 1. The van der Waals surface area contributed by atoms with E-state index in [-0.39, 0.29) is 6.04 Å². The van der Waals surface area contributed by atoms with Crippen molar-refractivity contribution in [2.75, 3.05) is 6.26 Å². The Kier molecular flexibility index (Phi) is 3.29. The van der Waals surface area contributed by atoms with E-state index in [9.17, 15) is 0 Å². The van der Waals surface area contributed by atoms with E-state index < -0.39 is 0 Å². The van der Waals surface area contributed by atoms with Crippen LogP contribution in [0.3, 0.4) is 0 Å². The molecule has 1 aromatic heterocycles. The summed E-state index contributed by atoms with van der Waals surface area (Å²) in [5.41, 5.74) is 5.62. The van der Waals surface area contributed by atoms with Gasteiger partial charge in [-0.1, -0.05) is 11.3 Å². The Bertz CT molecular complexity index is 221. The summed E-state index contributed by atoms with van der Waals surface area (Å²) >= 11 is 3.34. The minimum atomic E-state index is 0.0168. The molecule has 2 N–H and O–H groups in total. The summed E-state index contributed by atoms with van der Waals surface area (Å²) in [6.45, 7) is 1.92. The van der Waals surface area contributed by atoms with Crippen molar-refractivity contribution in [2.24, 2.45) is 5.73 Å². The van der Waals surface area contributed by atoms with E-state index in [4.69, 9.17) is 5.73 Å². The van der Waals surface area contributed by atoms with E-state index >= 15 is 0 Å². The Balaban J connectivity index is 2.66. The van der Waals surface area contributed by atoms with Crippen LogP contribution in [0.25, 0.3) is 0 Å². The molecule has 62 valence electrons. The van der Waals surface area contributed by atoms with Crippen LogP contribution in [-0.2, 0) is 5.75 Å². The van der Waals surface area contributed by atoms with Gasteiger partial charge in [-0.05, 0) is 13.2 Å². The fourth-order valence-corrected chi connectivity index (χ4v) is 2.12. The van der Waals surface area contributed by atoms with Gasteiger partial charge in [0.15, 0.2) is 0 Å². The highest BCUT2D eigenvalue weighted by Gasteiger charge is 2.06. The fraction of sp³-hybridized carbons (Fsp3) is 0.667. The average molecular weight is 189 g/mol. The minimum absolute atomic E-state index is 0.0168. The van der Waals surface area contributed by atoms with Gasteiger partial charge in [0.1, 0.15) is 10.0 Å².